The van der Waals surface area contributed by atoms with Crippen molar-refractivity contribution in [3.63, 3.8) is 0 Å². The fourth-order valence-electron chi connectivity index (χ4n) is 5.64. The Balaban J connectivity index is 1.54. The highest BCUT2D eigenvalue weighted by Gasteiger charge is 2.32. The normalized spacial score (nSPS) is 18.3. The summed E-state index contributed by atoms with van der Waals surface area (Å²) < 4.78 is 23.1. The predicted octanol–water partition coefficient (Wildman–Crippen LogP) is 4.07. The highest BCUT2D eigenvalue weighted by atomic mass is 19.1. The van der Waals surface area contributed by atoms with E-state index in [0.717, 1.165) is 64.9 Å². The first-order valence-electron chi connectivity index (χ1n) is 12.2. The molecule has 8 nitrogen and oxygen atoms in total. The van der Waals surface area contributed by atoms with Gasteiger partial charge in [-0.25, -0.2) is 9.07 Å². The summed E-state index contributed by atoms with van der Waals surface area (Å²) in [5, 5.41) is 9.38. The summed E-state index contributed by atoms with van der Waals surface area (Å²) in [6.45, 7) is 6.05. The van der Waals surface area contributed by atoms with Gasteiger partial charge in [0.2, 0.25) is 0 Å². The topological polar surface area (TPSA) is 78.1 Å². The van der Waals surface area contributed by atoms with E-state index in [1.807, 2.05) is 38.4 Å². The van der Waals surface area contributed by atoms with E-state index in [1.54, 1.807) is 9.58 Å². The molecule has 0 unspecified atom stereocenters. The number of halogens is 1. The van der Waals surface area contributed by atoms with Crippen LogP contribution >= 0.6 is 0 Å². The lowest BCUT2D eigenvalue weighted by Gasteiger charge is -2.34. The molecule has 1 aromatic carbocycles. The summed E-state index contributed by atoms with van der Waals surface area (Å²) >= 11 is 0. The average Bonchev–Trinajstić information content (AvgIpc) is 3.36. The summed E-state index contributed by atoms with van der Waals surface area (Å²) in [4.78, 5) is 19.4. The van der Waals surface area contributed by atoms with Gasteiger partial charge in [0.05, 0.1) is 41.0 Å². The van der Waals surface area contributed by atoms with Crippen LogP contribution in [0.4, 0.5) is 4.39 Å². The lowest BCUT2D eigenvalue weighted by atomic mass is 9.92. The smallest absolute Gasteiger partial charge is 0.254 e. The highest BCUT2D eigenvalue weighted by Crippen LogP contribution is 2.38. The number of carbonyl (C=O) groups excluding carboxylic acids is 1. The predicted molar refractivity (Wildman–Crippen MR) is 131 cm³/mol. The molecule has 182 valence electrons. The lowest BCUT2D eigenvalue weighted by Crippen LogP contribution is -2.51. The van der Waals surface area contributed by atoms with Gasteiger partial charge in [-0.2, -0.15) is 0 Å². The minimum Gasteiger partial charge on any atom is -0.381 e. The van der Waals surface area contributed by atoms with Crippen LogP contribution in [-0.4, -0.2) is 67.8 Å². The van der Waals surface area contributed by atoms with E-state index in [4.69, 9.17) is 9.72 Å². The maximum absolute atomic E-state index is 13.4. The number of fused-ring (bicyclic) bond motifs is 3. The number of ether oxygens (including phenoxy) is 1. The van der Waals surface area contributed by atoms with Crippen molar-refractivity contribution in [2.75, 3.05) is 26.3 Å². The molecule has 6 rings (SSSR count). The SMILES string of the molecule is Cc1nnn(C)c1-c1cnc2c3ccc(C(=O)N4CC(F)C4)cc3n([C@H](C)C3CCOCC3)c2c1. The number of pyridine rings is 1. The number of benzene rings is 1. The number of hydrogen-bond acceptors (Lipinski definition) is 5. The van der Waals surface area contributed by atoms with Crippen LogP contribution in [0, 0.1) is 12.8 Å². The van der Waals surface area contributed by atoms with Crippen molar-refractivity contribution in [2.45, 2.75) is 38.9 Å². The first kappa shape index (κ1) is 22.2. The van der Waals surface area contributed by atoms with E-state index in [-0.39, 0.29) is 25.0 Å². The highest BCUT2D eigenvalue weighted by molar-refractivity contribution is 6.09. The molecule has 2 aliphatic rings. The molecule has 0 spiro atoms. The quantitative estimate of drug-likeness (QED) is 0.444. The number of nitrogens with zero attached hydrogens (tertiary/aromatic N) is 6. The van der Waals surface area contributed by atoms with Gasteiger partial charge in [-0.15, -0.1) is 5.10 Å². The Morgan fingerprint density at radius 2 is 1.94 bits per heavy atom. The summed E-state index contributed by atoms with van der Waals surface area (Å²) in [6, 6.07) is 8.12. The molecule has 3 aromatic heterocycles. The van der Waals surface area contributed by atoms with Crippen LogP contribution in [0.5, 0.6) is 0 Å². The van der Waals surface area contributed by atoms with Gasteiger partial charge in [0.25, 0.3) is 5.91 Å². The van der Waals surface area contributed by atoms with Crippen LogP contribution in [-0.2, 0) is 11.8 Å². The van der Waals surface area contributed by atoms with Crippen molar-refractivity contribution in [1.82, 2.24) is 29.4 Å². The van der Waals surface area contributed by atoms with Crippen molar-refractivity contribution in [3.05, 3.63) is 41.7 Å². The molecule has 5 heterocycles. The van der Waals surface area contributed by atoms with Crippen molar-refractivity contribution in [2.24, 2.45) is 13.0 Å². The molecule has 1 atom stereocenters. The molecule has 0 radical (unpaired) electrons. The maximum Gasteiger partial charge on any atom is 0.254 e. The van der Waals surface area contributed by atoms with Gasteiger partial charge in [-0.1, -0.05) is 5.21 Å². The minimum atomic E-state index is -0.921. The molecule has 2 fully saturated rings. The molecule has 0 bridgehead atoms. The molecular weight excluding hydrogens is 447 g/mol. The number of carbonyl (C=O) groups is 1. The fraction of sp³-hybridized carbons (Fsp3) is 0.462. The molecule has 9 heteroatoms. The first-order valence-corrected chi connectivity index (χ1v) is 12.2. The van der Waals surface area contributed by atoms with Gasteiger partial charge in [-0.3, -0.25) is 9.78 Å². The van der Waals surface area contributed by atoms with E-state index in [9.17, 15) is 9.18 Å². The number of amides is 1. The Hall–Kier alpha value is -3.33. The molecule has 2 aliphatic heterocycles. The molecule has 0 N–H and O–H groups in total. The Kier molecular flexibility index (Phi) is 5.32. The standard InChI is InChI=1S/C26H29FN6O2/c1-15-25(31(3)30-29-15)19-11-23-24(28-12-19)21-5-4-18(26(34)32-13-20(27)14-32)10-22(21)33(23)16(2)17-6-8-35-9-7-17/h4-5,10-12,16-17,20H,6-9,13-14H2,1-3H3/t16-/m1/s1. The summed E-state index contributed by atoms with van der Waals surface area (Å²) in [5.74, 6) is 0.329. The van der Waals surface area contributed by atoms with Crippen LogP contribution in [0.25, 0.3) is 33.2 Å². The van der Waals surface area contributed by atoms with Crippen molar-refractivity contribution >= 4 is 27.8 Å². The monoisotopic (exact) mass is 476 g/mol. The third-order valence-electron chi connectivity index (χ3n) is 7.63. The zero-order chi connectivity index (χ0) is 24.3. The number of alkyl halides is 1. The van der Waals surface area contributed by atoms with Crippen LogP contribution in [0.2, 0.25) is 0 Å². The van der Waals surface area contributed by atoms with Crippen molar-refractivity contribution in [1.29, 1.82) is 0 Å². The van der Waals surface area contributed by atoms with Crippen molar-refractivity contribution < 1.29 is 13.9 Å². The number of aromatic nitrogens is 5. The number of likely N-dealkylation sites (tertiary alicyclic amines) is 1. The van der Waals surface area contributed by atoms with E-state index in [0.29, 0.717) is 11.5 Å². The zero-order valence-electron chi connectivity index (χ0n) is 20.2. The second kappa shape index (κ2) is 8.41. The minimum absolute atomic E-state index is 0.124. The molecule has 2 saturated heterocycles. The Morgan fingerprint density at radius 1 is 1.17 bits per heavy atom. The maximum atomic E-state index is 13.4. The number of rotatable bonds is 4. The Bertz CT molecular complexity index is 1410. The lowest BCUT2D eigenvalue weighted by molar-refractivity contribution is 0.0400. The van der Waals surface area contributed by atoms with Gasteiger partial charge >= 0.3 is 0 Å². The van der Waals surface area contributed by atoms with Gasteiger partial charge in [0, 0.05) is 49.0 Å². The second-order valence-electron chi connectivity index (χ2n) is 9.84. The molecule has 0 aliphatic carbocycles. The molecule has 0 saturated carbocycles. The Labute approximate surface area is 202 Å². The third kappa shape index (κ3) is 3.60. The Morgan fingerprint density at radius 3 is 2.63 bits per heavy atom. The van der Waals surface area contributed by atoms with Gasteiger partial charge < -0.3 is 14.2 Å². The molecule has 1 amide bonds. The summed E-state index contributed by atoms with van der Waals surface area (Å²) in [6.07, 6.45) is 2.93. The van der Waals surface area contributed by atoms with Crippen LogP contribution in [0.3, 0.4) is 0 Å². The number of aryl methyl sites for hydroxylation is 2. The number of hydrogen-bond donors (Lipinski definition) is 0. The van der Waals surface area contributed by atoms with Crippen LogP contribution in [0.1, 0.15) is 41.9 Å². The van der Waals surface area contributed by atoms with E-state index in [1.165, 1.54) is 0 Å². The van der Waals surface area contributed by atoms with Gasteiger partial charge in [0.1, 0.15) is 6.17 Å². The zero-order valence-corrected chi connectivity index (χ0v) is 20.2. The van der Waals surface area contributed by atoms with Gasteiger partial charge in [-0.05, 0) is 56.9 Å². The third-order valence-corrected chi connectivity index (χ3v) is 7.63. The molecular formula is C26H29FN6O2. The largest absolute Gasteiger partial charge is 0.381 e. The fourth-order valence-corrected chi connectivity index (χ4v) is 5.64. The van der Waals surface area contributed by atoms with E-state index < -0.39 is 6.17 Å². The van der Waals surface area contributed by atoms with Gasteiger partial charge in [0.15, 0.2) is 0 Å². The summed E-state index contributed by atoms with van der Waals surface area (Å²) in [7, 11) is 1.88. The van der Waals surface area contributed by atoms with Crippen LogP contribution < -0.4 is 0 Å². The summed E-state index contributed by atoms with van der Waals surface area (Å²) in [5.41, 5.74) is 6.23. The first-order chi connectivity index (χ1) is 16.9. The van der Waals surface area contributed by atoms with Crippen LogP contribution in [0.15, 0.2) is 30.5 Å². The molecule has 4 aromatic rings. The van der Waals surface area contributed by atoms with E-state index >= 15 is 0 Å². The van der Waals surface area contributed by atoms with E-state index in [2.05, 4.69) is 27.9 Å². The second-order valence-corrected chi connectivity index (χ2v) is 9.84. The average molecular weight is 477 g/mol. The van der Waals surface area contributed by atoms with Crippen molar-refractivity contribution in [3.8, 4) is 11.3 Å². The molecule has 35 heavy (non-hydrogen) atoms.